The molecule has 0 radical (unpaired) electrons. The summed E-state index contributed by atoms with van der Waals surface area (Å²) in [6, 6.07) is 5.48. The van der Waals surface area contributed by atoms with Gasteiger partial charge in [-0.1, -0.05) is 18.2 Å². The number of alkyl halides is 2. The van der Waals surface area contributed by atoms with E-state index in [1.54, 1.807) is 6.07 Å². The minimum Gasteiger partial charge on any atom is -0.294 e. The van der Waals surface area contributed by atoms with Gasteiger partial charge in [-0.3, -0.25) is 4.79 Å². The summed E-state index contributed by atoms with van der Waals surface area (Å²) in [7, 11) is 0. The molecule has 14 heavy (non-hydrogen) atoms. The topological polar surface area (TPSA) is 17.1 Å². The van der Waals surface area contributed by atoms with Gasteiger partial charge < -0.3 is 0 Å². The predicted octanol–water partition coefficient (Wildman–Crippen LogP) is 4.00. The molecule has 0 saturated carbocycles. The second kappa shape index (κ2) is 5.74. The molecule has 0 saturated heterocycles. The van der Waals surface area contributed by atoms with Crippen molar-refractivity contribution in [1.29, 1.82) is 0 Å². The molecule has 0 aliphatic carbocycles. The molecule has 4 heteroatoms. The third-order valence-electron chi connectivity index (χ3n) is 1.84. The number of halogens is 3. The van der Waals surface area contributed by atoms with E-state index in [2.05, 4.69) is 15.9 Å². The third kappa shape index (κ3) is 2.72. The van der Waals surface area contributed by atoms with E-state index in [1.165, 1.54) is 0 Å². The number of carbonyl (C=O) groups is 1. The van der Waals surface area contributed by atoms with Crippen LogP contribution < -0.4 is 0 Å². The summed E-state index contributed by atoms with van der Waals surface area (Å²) in [5.41, 5.74) is 1.58. The Kier molecular flexibility index (Phi) is 4.93. The van der Waals surface area contributed by atoms with E-state index in [0.717, 1.165) is 10.0 Å². The van der Waals surface area contributed by atoms with Crippen LogP contribution in [0.15, 0.2) is 22.7 Å². The smallest absolute Gasteiger partial charge is 0.165 e. The maximum atomic E-state index is 11.6. The average molecular weight is 296 g/mol. The van der Waals surface area contributed by atoms with E-state index >= 15 is 0 Å². The summed E-state index contributed by atoms with van der Waals surface area (Å²) in [6.45, 7) is 0. The van der Waals surface area contributed by atoms with Crippen molar-refractivity contribution in [2.45, 2.75) is 12.3 Å². The maximum absolute atomic E-state index is 11.6. The zero-order valence-corrected chi connectivity index (χ0v) is 10.5. The highest BCUT2D eigenvalue weighted by Gasteiger charge is 2.11. The highest BCUT2D eigenvalue weighted by molar-refractivity contribution is 9.10. The zero-order chi connectivity index (χ0) is 10.6. The van der Waals surface area contributed by atoms with Gasteiger partial charge in [0.25, 0.3) is 0 Å². The Morgan fingerprint density at radius 3 is 2.64 bits per heavy atom. The first-order chi connectivity index (χ1) is 6.70. The molecule has 0 heterocycles. The Labute approximate surface area is 102 Å². The summed E-state index contributed by atoms with van der Waals surface area (Å²) in [5, 5.41) is 0. The zero-order valence-electron chi connectivity index (χ0n) is 7.40. The van der Waals surface area contributed by atoms with Gasteiger partial charge in [0.05, 0.1) is 0 Å². The Morgan fingerprint density at radius 2 is 2.07 bits per heavy atom. The molecule has 76 valence electrons. The van der Waals surface area contributed by atoms with Crippen LogP contribution in [-0.2, 0) is 5.88 Å². The quantitative estimate of drug-likeness (QED) is 0.606. The van der Waals surface area contributed by atoms with E-state index in [1.807, 2.05) is 12.1 Å². The molecule has 0 atom stereocenters. The van der Waals surface area contributed by atoms with Gasteiger partial charge in [-0.05, 0) is 21.5 Å². The fraction of sp³-hybridized carbons (Fsp3) is 0.300. The Hall–Kier alpha value is -0.0500. The van der Waals surface area contributed by atoms with Crippen molar-refractivity contribution in [3.63, 3.8) is 0 Å². The highest BCUT2D eigenvalue weighted by atomic mass is 79.9. The van der Waals surface area contributed by atoms with E-state index in [9.17, 15) is 4.79 Å². The predicted molar refractivity (Wildman–Crippen MR) is 63.4 cm³/mol. The lowest BCUT2D eigenvalue weighted by molar-refractivity contribution is 0.0988. The fourth-order valence-electron chi connectivity index (χ4n) is 1.12. The number of ketones is 1. The van der Waals surface area contributed by atoms with Gasteiger partial charge in [0.15, 0.2) is 5.78 Å². The fourth-order valence-corrected chi connectivity index (χ4v) is 2.30. The van der Waals surface area contributed by atoms with Gasteiger partial charge in [0, 0.05) is 28.2 Å². The van der Waals surface area contributed by atoms with Crippen molar-refractivity contribution in [2.75, 3.05) is 5.88 Å². The molecular weight excluding hydrogens is 287 g/mol. The number of Topliss-reactive ketones (excluding diaryl/α,β-unsaturated/α-hetero) is 1. The first-order valence-corrected chi connectivity index (χ1v) is 5.99. The number of rotatable bonds is 4. The summed E-state index contributed by atoms with van der Waals surface area (Å²) in [5.74, 6) is 0.776. The largest absolute Gasteiger partial charge is 0.294 e. The minimum absolute atomic E-state index is 0.0406. The summed E-state index contributed by atoms with van der Waals surface area (Å²) in [4.78, 5) is 11.6. The molecule has 0 aromatic heterocycles. The number of benzene rings is 1. The molecule has 0 aliphatic rings. The Balaban J connectivity index is 3.03. The van der Waals surface area contributed by atoms with Gasteiger partial charge in [-0.2, -0.15) is 0 Å². The standard InChI is InChI=1S/C10H9BrCl2O/c11-10-7(6-13)2-1-3-8(10)9(14)4-5-12/h1-3H,4-6H2. The van der Waals surface area contributed by atoms with E-state index in [4.69, 9.17) is 23.2 Å². The van der Waals surface area contributed by atoms with E-state index < -0.39 is 0 Å². The summed E-state index contributed by atoms with van der Waals surface area (Å²) < 4.78 is 0.783. The molecule has 0 amide bonds. The second-order valence-corrected chi connectivity index (χ2v) is 4.21. The van der Waals surface area contributed by atoms with Crippen LogP contribution in [0.2, 0.25) is 0 Å². The lowest BCUT2D eigenvalue weighted by atomic mass is 10.1. The van der Waals surface area contributed by atoms with Crippen LogP contribution in [0.4, 0.5) is 0 Å². The lowest BCUT2D eigenvalue weighted by Crippen LogP contribution is -2.02. The molecule has 0 fully saturated rings. The summed E-state index contributed by atoms with van der Waals surface area (Å²) in [6.07, 6.45) is 0.353. The molecule has 0 unspecified atom stereocenters. The van der Waals surface area contributed by atoms with Crippen LogP contribution in [0.1, 0.15) is 22.3 Å². The van der Waals surface area contributed by atoms with Crippen LogP contribution in [0.5, 0.6) is 0 Å². The average Bonchev–Trinajstić information content (AvgIpc) is 2.18. The van der Waals surface area contributed by atoms with Crippen molar-refractivity contribution in [3.8, 4) is 0 Å². The van der Waals surface area contributed by atoms with Crippen LogP contribution >= 0.6 is 39.1 Å². The van der Waals surface area contributed by atoms with E-state index in [0.29, 0.717) is 23.7 Å². The third-order valence-corrected chi connectivity index (χ3v) is 3.26. The lowest BCUT2D eigenvalue weighted by Gasteiger charge is -2.05. The molecule has 0 spiro atoms. The molecule has 1 nitrogen and oxygen atoms in total. The van der Waals surface area contributed by atoms with E-state index in [-0.39, 0.29) is 5.78 Å². The second-order valence-electron chi connectivity index (χ2n) is 2.77. The van der Waals surface area contributed by atoms with Gasteiger partial charge in [-0.15, -0.1) is 23.2 Å². The van der Waals surface area contributed by atoms with Gasteiger partial charge >= 0.3 is 0 Å². The normalized spacial score (nSPS) is 10.2. The number of hydrogen-bond acceptors (Lipinski definition) is 1. The van der Waals surface area contributed by atoms with Gasteiger partial charge in [-0.25, -0.2) is 0 Å². The van der Waals surface area contributed by atoms with Gasteiger partial charge in [0.2, 0.25) is 0 Å². The Morgan fingerprint density at radius 1 is 1.36 bits per heavy atom. The van der Waals surface area contributed by atoms with Crippen molar-refractivity contribution >= 4 is 44.9 Å². The monoisotopic (exact) mass is 294 g/mol. The molecule has 0 bridgehead atoms. The number of hydrogen-bond donors (Lipinski definition) is 0. The van der Waals surface area contributed by atoms with Crippen LogP contribution in [0.25, 0.3) is 0 Å². The van der Waals surface area contributed by atoms with Crippen molar-refractivity contribution in [3.05, 3.63) is 33.8 Å². The first-order valence-electron chi connectivity index (χ1n) is 4.13. The first kappa shape index (κ1) is 12.0. The molecule has 1 aromatic carbocycles. The van der Waals surface area contributed by atoms with Crippen molar-refractivity contribution < 1.29 is 4.79 Å². The van der Waals surface area contributed by atoms with Crippen molar-refractivity contribution in [2.24, 2.45) is 0 Å². The Bertz CT molecular complexity index is 339. The van der Waals surface area contributed by atoms with Gasteiger partial charge in [0.1, 0.15) is 0 Å². The summed E-state index contributed by atoms with van der Waals surface area (Å²) >= 11 is 14.6. The molecule has 0 aliphatic heterocycles. The highest BCUT2D eigenvalue weighted by Crippen LogP contribution is 2.24. The molecular formula is C10H9BrCl2O. The number of carbonyl (C=O) groups excluding carboxylic acids is 1. The van der Waals surface area contributed by atoms with Crippen LogP contribution in [0.3, 0.4) is 0 Å². The molecule has 0 N–H and O–H groups in total. The minimum atomic E-state index is 0.0406. The van der Waals surface area contributed by atoms with Crippen molar-refractivity contribution in [1.82, 2.24) is 0 Å². The van der Waals surface area contributed by atoms with Crippen LogP contribution in [0, 0.1) is 0 Å². The maximum Gasteiger partial charge on any atom is 0.165 e. The molecule has 1 rings (SSSR count). The SMILES string of the molecule is O=C(CCCl)c1cccc(CCl)c1Br. The van der Waals surface area contributed by atoms with Crippen LogP contribution in [-0.4, -0.2) is 11.7 Å². The molecule has 1 aromatic rings.